The Morgan fingerprint density at radius 2 is 1.89 bits per heavy atom. The minimum absolute atomic E-state index is 0.236. The van der Waals surface area contributed by atoms with E-state index < -0.39 is 5.60 Å². The van der Waals surface area contributed by atoms with Gasteiger partial charge in [0.1, 0.15) is 17.0 Å². The van der Waals surface area contributed by atoms with Gasteiger partial charge in [0, 0.05) is 43.5 Å². The molecule has 0 bridgehead atoms. The van der Waals surface area contributed by atoms with Crippen molar-refractivity contribution in [2.45, 2.75) is 45.8 Å². The predicted molar refractivity (Wildman–Crippen MR) is 109 cm³/mol. The van der Waals surface area contributed by atoms with Gasteiger partial charge in [0.2, 0.25) is 0 Å². The summed E-state index contributed by atoms with van der Waals surface area (Å²) >= 11 is 0. The molecule has 1 aromatic rings. The first-order valence-electron chi connectivity index (χ1n) is 9.50. The van der Waals surface area contributed by atoms with Gasteiger partial charge in [-0.25, -0.2) is 4.79 Å². The van der Waals surface area contributed by atoms with Crippen LogP contribution in [0.25, 0.3) is 6.08 Å². The summed E-state index contributed by atoms with van der Waals surface area (Å²) < 4.78 is 11.7. The molecule has 0 aromatic heterocycles. The van der Waals surface area contributed by atoms with Crippen LogP contribution in [0.5, 0.6) is 5.75 Å². The number of amides is 1. The fourth-order valence-corrected chi connectivity index (χ4v) is 3.38. The average Bonchev–Trinajstić information content (AvgIpc) is 2.58. The lowest BCUT2D eigenvalue weighted by molar-refractivity contribution is 0.0240. The molecule has 0 saturated carbocycles. The van der Waals surface area contributed by atoms with Gasteiger partial charge in [-0.2, -0.15) is 0 Å². The van der Waals surface area contributed by atoms with Gasteiger partial charge in [-0.3, -0.25) is 0 Å². The fraction of sp³-hybridized carbons (Fsp3) is 0.500. The van der Waals surface area contributed by atoms with E-state index in [4.69, 9.17) is 9.47 Å². The summed E-state index contributed by atoms with van der Waals surface area (Å²) in [6, 6.07) is 6.29. The molecule has 146 valence electrons. The van der Waals surface area contributed by atoms with Crippen molar-refractivity contribution in [2.75, 3.05) is 31.1 Å². The van der Waals surface area contributed by atoms with Crippen LogP contribution in [-0.4, -0.2) is 48.4 Å². The second kappa shape index (κ2) is 6.95. The number of carbonyl (C=O) groups excluding carboxylic acids is 1. The highest BCUT2D eigenvalue weighted by Crippen LogP contribution is 2.38. The quantitative estimate of drug-likeness (QED) is 0.769. The molecule has 0 N–H and O–H groups in total. The van der Waals surface area contributed by atoms with Crippen molar-refractivity contribution < 1.29 is 14.3 Å². The SMILES string of the molecule is C=CC1=Cc2ccc(N3CCN(C(=O)OC(C)(C)C)CC3)cc2OC1(C)C. The zero-order valence-corrected chi connectivity index (χ0v) is 17.0. The molecule has 2 heterocycles. The lowest BCUT2D eigenvalue weighted by atomic mass is 9.92. The van der Waals surface area contributed by atoms with E-state index >= 15 is 0 Å². The van der Waals surface area contributed by atoms with E-state index in [1.54, 1.807) is 4.90 Å². The summed E-state index contributed by atoms with van der Waals surface area (Å²) in [7, 11) is 0. The van der Waals surface area contributed by atoms with E-state index in [9.17, 15) is 4.79 Å². The number of piperazine rings is 1. The number of carbonyl (C=O) groups is 1. The van der Waals surface area contributed by atoms with Gasteiger partial charge in [-0.05, 0) is 58.4 Å². The van der Waals surface area contributed by atoms with Crippen molar-refractivity contribution in [2.24, 2.45) is 0 Å². The number of rotatable bonds is 2. The lowest BCUT2D eigenvalue weighted by Gasteiger charge is -2.37. The third-order valence-electron chi connectivity index (χ3n) is 4.88. The standard InChI is InChI=1S/C22H30N2O3/c1-7-17-14-16-8-9-18(15-19(16)26-22(17,5)6)23-10-12-24(13-11-23)20(25)27-21(2,3)4/h7-9,14-15H,1,10-13H2,2-6H3. The first-order chi connectivity index (χ1) is 12.6. The Bertz CT molecular complexity index is 766. The average molecular weight is 370 g/mol. The van der Waals surface area contributed by atoms with Gasteiger partial charge in [0.25, 0.3) is 0 Å². The molecule has 0 radical (unpaired) electrons. The Hall–Kier alpha value is -2.43. The van der Waals surface area contributed by atoms with E-state index in [0.717, 1.165) is 35.7 Å². The van der Waals surface area contributed by atoms with Crippen molar-refractivity contribution >= 4 is 17.9 Å². The van der Waals surface area contributed by atoms with Crippen LogP contribution < -0.4 is 9.64 Å². The molecule has 2 aliphatic heterocycles. The Balaban J connectivity index is 1.69. The molecule has 1 saturated heterocycles. The molecule has 27 heavy (non-hydrogen) atoms. The number of hydrogen-bond donors (Lipinski definition) is 0. The maximum absolute atomic E-state index is 12.2. The monoisotopic (exact) mass is 370 g/mol. The highest BCUT2D eigenvalue weighted by molar-refractivity contribution is 5.71. The number of anilines is 1. The zero-order chi connectivity index (χ0) is 19.8. The second-order valence-electron chi connectivity index (χ2n) is 8.59. The Labute approximate surface area is 162 Å². The number of benzene rings is 1. The van der Waals surface area contributed by atoms with E-state index in [1.165, 1.54) is 0 Å². The van der Waals surface area contributed by atoms with Crippen molar-refractivity contribution in [3.05, 3.63) is 42.0 Å². The first-order valence-corrected chi connectivity index (χ1v) is 9.50. The van der Waals surface area contributed by atoms with E-state index in [-0.39, 0.29) is 11.7 Å². The highest BCUT2D eigenvalue weighted by Gasteiger charge is 2.30. The molecule has 3 rings (SSSR count). The van der Waals surface area contributed by atoms with Gasteiger partial charge in [0.15, 0.2) is 0 Å². The zero-order valence-electron chi connectivity index (χ0n) is 17.0. The van der Waals surface area contributed by atoms with Crippen LogP contribution in [0.1, 0.15) is 40.2 Å². The van der Waals surface area contributed by atoms with Crippen LogP contribution in [0.4, 0.5) is 10.5 Å². The summed E-state index contributed by atoms with van der Waals surface area (Å²) in [6.45, 7) is 16.5. The molecule has 2 aliphatic rings. The molecule has 5 heteroatoms. The summed E-state index contributed by atoms with van der Waals surface area (Å²) in [5.74, 6) is 0.887. The molecule has 0 atom stereocenters. The van der Waals surface area contributed by atoms with E-state index in [2.05, 4.69) is 49.6 Å². The van der Waals surface area contributed by atoms with Crippen LogP contribution in [-0.2, 0) is 4.74 Å². The molecular formula is C22H30N2O3. The molecule has 1 aromatic carbocycles. The molecule has 0 spiro atoms. The summed E-state index contributed by atoms with van der Waals surface area (Å²) in [4.78, 5) is 16.3. The molecular weight excluding hydrogens is 340 g/mol. The van der Waals surface area contributed by atoms with Crippen LogP contribution >= 0.6 is 0 Å². The van der Waals surface area contributed by atoms with Gasteiger partial charge < -0.3 is 19.3 Å². The maximum Gasteiger partial charge on any atom is 0.410 e. The van der Waals surface area contributed by atoms with Gasteiger partial charge in [-0.15, -0.1) is 0 Å². The molecule has 0 aliphatic carbocycles. The fourth-order valence-electron chi connectivity index (χ4n) is 3.38. The Kier molecular flexibility index (Phi) is 4.98. The minimum atomic E-state index is -0.464. The van der Waals surface area contributed by atoms with Crippen molar-refractivity contribution in [3.8, 4) is 5.75 Å². The van der Waals surface area contributed by atoms with Gasteiger partial charge >= 0.3 is 6.09 Å². The number of fused-ring (bicyclic) bond motifs is 1. The van der Waals surface area contributed by atoms with E-state index in [0.29, 0.717) is 13.1 Å². The topological polar surface area (TPSA) is 42.0 Å². The van der Waals surface area contributed by atoms with Crippen LogP contribution in [0.3, 0.4) is 0 Å². The van der Waals surface area contributed by atoms with Crippen LogP contribution in [0.2, 0.25) is 0 Å². The van der Waals surface area contributed by atoms with Crippen molar-refractivity contribution in [1.82, 2.24) is 4.90 Å². The van der Waals surface area contributed by atoms with Crippen molar-refractivity contribution in [3.63, 3.8) is 0 Å². The lowest BCUT2D eigenvalue weighted by Crippen LogP contribution is -2.50. The van der Waals surface area contributed by atoms with Crippen molar-refractivity contribution in [1.29, 1.82) is 0 Å². The third-order valence-corrected chi connectivity index (χ3v) is 4.88. The molecule has 1 fully saturated rings. The Morgan fingerprint density at radius 3 is 2.48 bits per heavy atom. The van der Waals surface area contributed by atoms with Gasteiger partial charge in [0.05, 0.1) is 0 Å². The summed E-state index contributed by atoms with van der Waals surface area (Å²) in [5.41, 5.74) is 2.41. The summed E-state index contributed by atoms with van der Waals surface area (Å²) in [5, 5.41) is 0. The number of nitrogens with zero attached hydrogens (tertiary/aromatic N) is 2. The van der Waals surface area contributed by atoms with Crippen LogP contribution in [0.15, 0.2) is 36.4 Å². The first kappa shape index (κ1) is 19.3. The Morgan fingerprint density at radius 1 is 1.22 bits per heavy atom. The van der Waals surface area contributed by atoms with Gasteiger partial charge in [-0.1, -0.05) is 12.7 Å². The highest BCUT2D eigenvalue weighted by atomic mass is 16.6. The smallest absolute Gasteiger partial charge is 0.410 e. The predicted octanol–water partition coefficient (Wildman–Crippen LogP) is 4.48. The second-order valence-corrected chi connectivity index (χ2v) is 8.59. The third kappa shape index (κ3) is 4.29. The normalized spacial score (nSPS) is 18.9. The molecule has 1 amide bonds. The van der Waals surface area contributed by atoms with Crippen LogP contribution in [0, 0.1) is 0 Å². The summed E-state index contributed by atoms with van der Waals surface area (Å²) in [6.07, 6.45) is 3.75. The number of hydrogen-bond acceptors (Lipinski definition) is 4. The molecule has 0 unspecified atom stereocenters. The maximum atomic E-state index is 12.2. The largest absolute Gasteiger partial charge is 0.482 e. The minimum Gasteiger partial charge on any atom is -0.482 e. The molecule has 5 nitrogen and oxygen atoms in total. The number of ether oxygens (including phenoxy) is 2. The van der Waals surface area contributed by atoms with E-state index in [1.807, 2.05) is 26.8 Å².